The molecule has 17 heavy (non-hydrogen) atoms. The van der Waals surface area contributed by atoms with Crippen molar-refractivity contribution in [3.05, 3.63) is 54.0 Å². The average Bonchev–Trinajstić information content (AvgIpc) is 2.77. The Labute approximate surface area is 100 Å². The summed E-state index contributed by atoms with van der Waals surface area (Å²) < 4.78 is 0. The molecule has 2 heteroatoms. The number of hydrogen-bond acceptors (Lipinski definition) is 1. The fourth-order valence-electron chi connectivity index (χ4n) is 2.23. The molecule has 0 aliphatic carbocycles. The lowest BCUT2D eigenvalue weighted by molar-refractivity contribution is 1.15. The van der Waals surface area contributed by atoms with E-state index in [2.05, 4.69) is 53.3 Å². The molecule has 0 atom stereocenters. The molecule has 84 valence electrons. The van der Waals surface area contributed by atoms with Gasteiger partial charge in [-0.05, 0) is 30.2 Å². The van der Waals surface area contributed by atoms with E-state index in [0.29, 0.717) is 0 Å². The van der Waals surface area contributed by atoms with Crippen LogP contribution in [0.5, 0.6) is 0 Å². The predicted octanol–water partition coefficient (Wildman–Crippen LogP) is 3.85. The molecule has 0 saturated heterocycles. The maximum atomic E-state index is 4.51. The van der Waals surface area contributed by atoms with Gasteiger partial charge < -0.3 is 4.98 Å². The molecule has 0 unspecified atom stereocenters. The zero-order chi connectivity index (χ0) is 11.8. The topological polar surface area (TPSA) is 28.7 Å². The molecule has 0 fully saturated rings. The monoisotopic (exact) mass is 222 g/mol. The minimum absolute atomic E-state index is 0.949. The van der Waals surface area contributed by atoms with E-state index in [1.165, 1.54) is 21.9 Å². The number of nitrogens with one attached hydrogen (secondary N) is 1. The fraction of sp³-hybridized carbons (Fsp3) is 0.133. The first-order valence-corrected chi connectivity index (χ1v) is 5.76. The van der Waals surface area contributed by atoms with Crippen molar-refractivity contribution in [1.29, 1.82) is 0 Å². The highest BCUT2D eigenvalue weighted by Gasteiger charge is 2.07. The van der Waals surface area contributed by atoms with E-state index in [4.69, 9.17) is 0 Å². The fourth-order valence-corrected chi connectivity index (χ4v) is 2.23. The molecule has 0 aliphatic rings. The van der Waals surface area contributed by atoms with Crippen LogP contribution in [-0.4, -0.2) is 9.97 Å². The van der Waals surface area contributed by atoms with E-state index < -0.39 is 0 Å². The number of H-pyrrole nitrogens is 1. The van der Waals surface area contributed by atoms with Crippen LogP contribution in [0.1, 0.15) is 11.4 Å². The van der Waals surface area contributed by atoms with Gasteiger partial charge in [-0.1, -0.05) is 36.4 Å². The Kier molecular flexibility index (Phi) is 2.22. The first-order valence-electron chi connectivity index (χ1n) is 5.76. The van der Waals surface area contributed by atoms with Gasteiger partial charge in [0.1, 0.15) is 5.82 Å². The lowest BCUT2D eigenvalue weighted by Crippen LogP contribution is -1.84. The number of nitrogens with zero attached hydrogens (tertiary/aromatic N) is 1. The van der Waals surface area contributed by atoms with Crippen molar-refractivity contribution in [2.75, 3.05) is 0 Å². The molecule has 3 rings (SSSR count). The number of imidazole rings is 1. The molecule has 1 aromatic heterocycles. The Morgan fingerprint density at radius 3 is 2.41 bits per heavy atom. The lowest BCUT2D eigenvalue weighted by atomic mass is 9.99. The van der Waals surface area contributed by atoms with E-state index in [1.807, 2.05) is 13.1 Å². The smallest absolute Gasteiger partial charge is 0.103 e. The SMILES string of the molecule is Cc1nc(-c2ccc(C)c3ccccc23)c[nH]1. The normalized spacial score (nSPS) is 10.9. The number of aryl methyl sites for hydroxylation is 2. The van der Waals surface area contributed by atoms with Crippen LogP contribution in [0.4, 0.5) is 0 Å². The Bertz CT molecular complexity index is 680. The largest absolute Gasteiger partial charge is 0.348 e. The van der Waals surface area contributed by atoms with Gasteiger partial charge in [-0.15, -0.1) is 0 Å². The highest BCUT2D eigenvalue weighted by molar-refractivity contribution is 5.97. The van der Waals surface area contributed by atoms with Gasteiger partial charge in [-0.25, -0.2) is 4.98 Å². The van der Waals surface area contributed by atoms with Gasteiger partial charge in [-0.2, -0.15) is 0 Å². The highest BCUT2D eigenvalue weighted by Crippen LogP contribution is 2.29. The Balaban J connectivity index is 2.34. The van der Waals surface area contributed by atoms with Crippen LogP contribution in [0.15, 0.2) is 42.6 Å². The van der Waals surface area contributed by atoms with Crippen LogP contribution in [0.2, 0.25) is 0 Å². The van der Waals surface area contributed by atoms with Gasteiger partial charge in [0.25, 0.3) is 0 Å². The van der Waals surface area contributed by atoms with Gasteiger partial charge >= 0.3 is 0 Å². The summed E-state index contributed by atoms with van der Waals surface area (Å²) in [6.07, 6.45) is 1.96. The van der Waals surface area contributed by atoms with Gasteiger partial charge in [0.05, 0.1) is 5.69 Å². The Morgan fingerprint density at radius 2 is 1.71 bits per heavy atom. The molecule has 3 aromatic rings. The van der Waals surface area contributed by atoms with Crippen molar-refractivity contribution in [3.63, 3.8) is 0 Å². The quantitative estimate of drug-likeness (QED) is 0.665. The first-order chi connectivity index (χ1) is 8.25. The van der Waals surface area contributed by atoms with Gasteiger partial charge in [0.2, 0.25) is 0 Å². The van der Waals surface area contributed by atoms with E-state index in [0.717, 1.165) is 11.5 Å². The number of fused-ring (bicyclic) bond motifs is 1. The molecule has 0 radical (unpaired) electrons. The zero-order valence-electron chi connectivity index (χ0n) is 9.99. The summed E-state index contributed by atoms with van der Waals surface area (Å²) >= 11 is 0. The molecule has 2 aromatic carbocycles. The van der Waals surface area contributed by atoms with Gasteiger partial charge in [0.15, 0.2) is 0 Å². The average molecular weight is 222 g/mol. The van der Waals surface area contributed by atoms with Crippen LogP contribution in [0, 0.1) is 13.8 Å². The molecule has 0 bridgehead atoms. The summed E-state index contributed by atoms with van der Waals surface area (Å²) in [6.45, 7) is 4.11. The minimum Gasteiger partial charge on any atom is -0.348 e. The lowest BCUT2D eigenvalue weighted by Gasteiger charge is -2.06. The number of rotatable bonds is 1. The second kappa shape index (κ2) is 3.74. The van der Waals surface area contributed by atoms with Crippen LogP contribution < -0.4 is 0 Å². The van der Waals surface area contributed by atoms with E-state index in [9.17, 15) is 0 Å². The van der Waals surface area contributed by atoms with Crippen LogP contribution in [0.25, 0.3) is 22.0 Å². The summed E-state index contributed by atoms with van der Waals surface area (Å²) in [5, 5.41) is 2.56. The number of aromatic amines is 1. The Morgan fingerprint density at radius 1 is 0.941 bits per heavy atom. The van der Waals surface area contributed by atoms with Gasteiger partial charge in [-0.3, -0.25) is 0 Å². The molecule has 2 nitrogen and oxygen atoms in total. The van der Waals surface area contributed by atoms with Crippen molar-refractivity contribution in [1.82, 2.24) is 9.97 Å². The number of aromatic nitrogens is 2. The third-order valence-corrected chi connectivity index (χ3v) is 3.12. The first kappa shape index (κ1) is 10.1. The molecule has 0 aliphatic heterocycles. The molecular formula is C15H14N2. The summed E-state index contributed by atoms with van der Waals surface area (Å²) in [4.78, 5) is 7.64. The van der Waals surface area contributed by atoms with Crippen molar-refractivity contribution >= 4 is 10.8 Å². The van der Waals surface area contributed by atoms with Crippen LogP contribution in [0.3, 0.4) is 0 Å². The molecule has 1 heterocycles. The molecular weight excluding hydrogens is 208 g/mol. The van der Waals surface area contributed by atoms with Gasteiger partial charge in [0, 0.05) is 11.8 Å². The molecule has 0 spiro atoms. The molecule has 0 amide bonds. The van der Waals surface area contributed by atoms with Crippen molar-refractivity contribution in [2.45, 2.75) is 13.8 Å². The van der Waals surface area contributed by atoms with Crippen molar-refractivity contribution in [2.24, 2.45) is 0 Å². The Hall–Kier alpha value is -2.09. The molecule has 0 saturated carbocycles. The number of benzene rings is 2. The van der Waals surface area contributed by atoms with E-state index in [-0.39, 0.29) is 0 Å². The maximum Gasteiger partial charge on any atom is 0.103 e. The second-order valence-corrected chi connectivity index (χ2v) is 4.35. The third-order valence-electron chi connectivity index (χ3n) is 3.12. The summed E-state index contributed by atoms with van der Waals surface area (Å²) in [5.74, 6) is 0.949. The van der Waals surface area contributed by atoms with E-state index >= 15 is 0 Å². The number of hydrogen-bond donors (Lipinski definition) is 1. The standard InChI is InChI=1S/C15H14N2/c1-10-7-8-14(15-9-16-11(2)17-15)13-6-4-3-5-12(10)13/h3-9H,1-2H3,(H,16,17). The molecule has 1 N–H and O–H groups in total. The third kappa shape index (κ3) is 1.62. The zero-order valence-corrected chi connectivity index (χ0v) is 9.99. The van der Waals surface area contributed by atoms with Crippen LogP contribution in [-0.2, 0) is 0 Å². The van der Waals surface area contributed by atoms with Crippen molar-refractivity contribution < 1.29 is 0 Å². The van der Waals surface area contributed by atoms with Crippen molar-refractivity contribution in [3.8, 4) is 11.3 Å². The summed E-state index contributed by atoms with van der Waals surface area (Å²) in [7, 11) is 0. The minimum atomic E-state index is 0.949. The maximum absolute atomic E-state index is 4.51. The van der Waals surface area contributed by atoms with Crippen LogP contribution >= 0.6 is 0 Å². The second-order valence-electron chi connectivity index (χ2n) is 4.35. The highest BCUT2D eigenvalue weighted by atomic mass is 14.9. The van der Waals surface area contributed by atoms with E-state index in [1.54, 1.807) is 0 Å². The summed E-state index contributed by atoms with van der Waals surface area (Å²) in [5.41, 5.74) is 3.51. The summed E-state index contributed by atoms with van der Waals surface area (Å²) in [6, 6.07) is 12.8. The predicted molar refractivity (Wildman–Crippen MR) is 71.0 cm³/mol.